The number of carbonyl (C=O) groups excluding carboxylic acids is 1. The van der Waals surface area contributed by atoms with E-state index in [1.165, 1.54) is 11.3 Å². The van der Waals surface area contributed by atoms with Crippen LogP contribution >= 0.6 is 0 Å². The third-order valence-corrected chi connectivity index (χ3v) is 8.17. The average molecular weight is 493 g/mol. The molecule has 1 atom stereocenters. The van der Waals surface area contributed by atoms with Crippen molar-refractivity contribution < 1.29 is 9.53 Å². The standard InChI is InChI=1S/C30H30N5O2/c1-19(36)33-15-14-27-25(17-33)30(32-35(27)23-10-6-21-16-22(21)7-11-23)28-4-3-5-29-31-26(18-34(28)29)20-8-12-24(37-2)13-9-20/h3-5,8-9,12-13,16,18,23H,6-7,10-11,14-15,17H2,1-2H3. The zero-order valence-corrected chi connectivity index (χ0v) is 21.3. The highest BCUT2D eigenvalue weighted by Crippen LogP contribution is 2.46. The second-order valence-corrected chi connectivity index (χ2v) is 10.3. The summed E-state index contributed by atoms with van der Waals surface area (Å²) in [6.45, 7) is 3.01. The predicted octanol–water partition coefficient (Wildman–Crippen LogP) is 5.41. The van der Waals surface area contributed by atoms with Gasteiger partial charge >= 0.3 is 0 Å². The highest BCUT2D eigenvalue weighted by atomic mass is 16.5. The van der Waals surface area contributed by atoms with Gasteiger partial charge < -0.3 is 9.64 Å². The lowest BCUT2D eigenvalue weighted by Crippen LogP contribution is -2.35. The van der Waals surface area contributed by atoms with E-state index >= 15 is 0 Å². The third-order valence-electron chi connectivity index (χ3n) is 8.17. The summed E-state index contributed by atoms with van der Waals surface area (Å²) in [4.78, 5) is 19.2. The number of hydrogen-bond acceptors (Lipinski definition) is 4. The Hall–Kier alpha value is -3.87. The van der Waals surface area contributed by atoms with E-state index in [-0.39, 0.29) is 5.91 Å². The molecule has 187 valence electrons. The summed E-state index contributed by atoms with van der Waals surface area (Å²) in [6, 6.07) is 14.6. The molecule has 7 heteroatoms. The van der Waals surface area contributed by atoms with Gasteiger partial charge in [-0.3, -0.25) is 13.9 Å². The Balaban J connectivity index is 1.33. The largest absolute Gasteiger partial charge is 0.497 e. The maximum absolute atomic E-state index is 12.3. The molecule has 1 amide bonds. The summed E-state index contributed by atoms with van der Waals surface area (Å²) in [6.07, 6.45) is 9.82. The molecule has 1 radical (unpaired) electrons. The number of rotatable bonds is 4. The van der Waals surface area contributed by atoms with Crippen LogP contribution in [0.25, 0.3) is 28.3 Å². The minimum atomic E-state index is 0.116. The Morgan fingerprint density at radius 3 is 2.70 bits per heavy atom. The van der Waals surface area contributed by atoms with Gasteiger partial charge in [0.2, 0.25) is 5.91 Å². The van der Waals surface area contributed by atoms with Gasteiger partial charge in [-0.05, 0) is 62.1 Å². The molecular formula is C30H30N5O2. The summed E-state index contributed by atoms with van der Waals surface area (Å²) < 4.78 is 9.77. The van der Waals surface area contributed by atoms with E-state index in [9.17, 15) is 4.79 Å². The number of allylic oxidation sites excluding steroid dienone is 2. The van der Waals surface area contributed by atoms with Crippen molar-refractivity contribution in [1.82, 2.24) is 24.1 Å². The van der Waals surface area contributed by atoms with Crippen LogP contribution in [0, 0.1) is 5.92 Å². The summed E-state index contributed by atoms with van der Waals surface area (Å²) in [5.74, 6) is 2.50. The molecule has 1 aliphatic heterocycles. The lowest BCUT2D eigenvalue weighted by molar-refractivity contribution is -0.129. The minimum absolute atomic E-state index is 0.116. The van der Waals surface area contributed by atoms with E-state index in [2.05, 4.69) is 33.5 Å². The van der Waals surface area contributed by atoms with Crippen molar-refractivity contribution in [2.75, 3.05) is 13.7 Å². The number of imidazole rings is 1. The molecule has 1 aromatic carbocycles. The van der Waals surface area contributed by atoms with E-state index in [4.69, 9.17) is 14.8 Å². The predicted molar refractivity (Wildman–Crippen MR) is 142 cm³/mol. The van der Waals surface area contributed by atoms with Gasteiger partial charge in [0.15, 0.2) is 0 Å². The Morgan fingerprint density at radius 1 is 1.05 bits per heavy atom. The molecule has 1 fully saturated rings. The second kappa shape index (κ2) is 8.61. The third kappa shape index (κ3) is 3.84. The molecule has 7 rings (SSSR count). The van der Waals surface area contributed by atoms with Crippen LogP contribution in [0.15, 0.2) is 60.3 Å². The number of pyridine rings is 1. The molecule has 3 aliphatic rings. The van der Waals surface area contributed by atoms with Crippen molar-refractivity contribution in [3.8, 4) is 28.4 Å². The van der Waals surface area contributed by atoms with Crippen molar-refractivity contribution in [2.45, 2.75) is 51.6 Å². The maximum atomic E-state index is 12.3. The zero-order chi connectivity index (χ0) is 25.1. The lowest BCUT2D eigenvalue weighted by Gasteiger charge is -2.28. The number of fused-ring (bicyclic) bond motifs is 3. The molecule has 4 heterocycles. The molecule has 7 nitrogen and oxygen atoms in total. The summed E-state index contributed by atoms with van der Waals surface area (Å²) in [7, 11) is 1.67. The van der Waals surface area contributed by atoms with Crippen molar-refractivity contribution >= 4 is 11.6 Å². The monoisotopic (exact) mass is 492 g/mol. The van der Waals surface area contributed by atoms with Gasteiger partial charge in [-0.25, -0.2) is 4.98 Å². The number of methoxy groups -OCH3 is 1. The first-order chi connectivity index (χ1) is 18.1. The molecule has 0 N–H and O–H groups in total. The Kier molecular flexibility index (Phi) is 5.20. The number of carbonyl (C=O) groups is 1. The summed E-state index contributed by atoms with van der Waals surface area (Å²) in [5.41, 5.74) is 8.82. The fraction of sp³-hybridized carbons (Fsp3) is 0.333. The Morgan fingerprint density at radius 2 is 1.89 bits per heavy atom. The summed E-state index contributed by atoms with van der Waals surface area (Å²) in [5, 5.41) is 5.30. The molecule has 3 aromatic heterocycles. The van der Waals surface area contributed by atoms with E-state index in [0.717, 1.165) is 72.7 Å². The molecule has 4 aromatic rings. The number of ether oxygens (including phenoxy) is 1. The SMILES string of the molecule is COc1ccc(-c2cn3c(-c4nn(C5CC[C]6C=C6CC5)c5c4CN(C(C)=O)CC5)cccc3n2)cc1. The van der Waals surface area contributed by atoms with Crippen LogP contribution in [0.4, 0.5) is 0 Å². The average Bonchev–Trinajstić information content (AvgIpc) is 3.43. The first-order valence-corrected chi connectivity index (χ1v) is 13.1. The van der Waals surface area contributed by atoms with Gasteiger partial charge in [0.25, 0.3) is 0 Å². The Bertz CT molecular complexity index is 1540. The topological polar surface area (TPSA) is 64.7 Å². The van der Waals surface area contributed by atoms with Gasteiger partial charge in [0.1, 0.15) is 17.1 Å². The van der Waals surface area contributed by atoms with Crippen molar-refractivity contribution in [3.63, 3.8) is 0 Å². The highest BCUT2D eigenvalue weighted by molar-refractivity contribution is 5.75. The van der Waals surface area contributed by atoms with Crippen LogP contribution in [0.3, 0.4) is 0 Å². The van der Waals surface area contributed by atoms with Gasteiger partial charge in [0, 0.05) is 55.4 Å². The molecule has 0 saturated heterocycles. The van der Waals surface area contributed by atoms with E-state index in [1.807, 2.05) is 35.2 Å². The molecule has 1 unspecified atom stereocenters. The van der Waals surface area contributed by atoms with Crippen LogP contribution in [0.5, 0.6) is 5.75 Å². The van der Waals surface area contributed by atoms with Gasteiger partial charge in [-0.2, -0.15) is 5.10 Å². The van der Waals surface area contributed by atoms with Crippen molar-refractivity contribution in [3.05, 3.63) is 77.5 Å². The second-order valence-electron chi connectivity index (χ2n) is 10.3. The number of amides is 1. The molecule has 0 spiro atoms. The quantitative estimate of drug-likeness (QED) is 0.382. The number of aromatic nitrogens is 4. The lowest BCUT2D eigenvalue weighted by atomic mass is 10.0. The first kappa shape index (κ1) is 22.3. The van der Waals surface area contributed by atoms with E-state index < -0.39 is 0 Å². The zero-order valence-electron chi connectivity index (χ0n) is 21.3. The Labute approximate surface area is 216 Å². The van der Waals surface area contributed by atoms with Crippen molar-refractivity contribution in [2.24, 2.45) is 0 Å². The van der Waals surface area contributed by atoms with Crippen LogP contribution < -0.4 is 4.74 Å². The maximum Gasteiger partial charge on any atom is 0.219 e. The van der Waals surface area contributed by atoms with Crippen LogP contribution in [0.2, 0.25) is 0 Å². The smallest absolute Gasteiger partial charge is 0.219 e. The fourth-order valence-electron chi connectivity index (χ4n) is 6.00. The fourth-order valence-corrected chi connectivity index (χ4v) is 6.00. The van der Waals surface area contributed by atoms with Crippen LogP contribution in [0.1, 0.15) is 49.9 Å². The van der Waals surface area contributed by atoms with Crippen LogP contribution in [-0.4, -0.2) is 43.6 Å². The number of hydrogen-bond donors (Lipinski definition) is 0. The minimum Gasteiger partial charge on any atom is -0.497 e. The molecule has 2 aliphatic carbocycles. The van der Waals surface area contributed by atoms with Crippen LogP contribution in [-0.2, 0) is 17.8 Å². The van der Waals surface area contributed by atoms with Gasteiger partial charge in [-0.1, -0.05) is 17.7 Å². The highest BCUT2D eigenvalue weighted by Gasteiger charge is 2.34. The number of benzene rings is 1. The molecular weight excluding hydrogens is 462 g/mol. The van der Waals surface area contributed by atoms with Crippen molar-refractivity contribution in [1.29, 1.82) is 0 Å². The molecule has 1 saturated carbocycles. The first-order valence-electron chi connectivity index (χ1n) is 13.1. The number of nitrogens with zero attached hydrogens (tertiary/aromatic N) is 5. The van der Waals surface area contributed by atoms with Gasteiger partial charge in [0.05, 0.1) is 24.5 Å². The summed E-state index contributed by atoms with van der Waals surface area (Å²) >= 11 is 0. The molecule has 0 bridgehead atoms. The molecule has 37 heavy (non-hydrogen) atoms. The van der Waals surface area contributed by atoms with E-state index in [0.29, 0.717) is 12.6 Å². The normalized spacial score (nSPS) is 19.2. The van der Waals surface area contributed by atoms with E-state index in [1.54, 1.807) is 25.5 Å². The van der Waals surface area contributed by atoms with Gasteiger partial charge in [-0.15, -0.1) is 0 Å².